The molecule has 0 aliphatic rings. The first kappa shape index (κ1) is 14.9. The molecule has 4 N–H and O–H groups in total. The minimum atomic E-state index is -3.68. The number of hydrogen-bond acceptors (Lipinski definition) is 4. The van der Waals surface area contributed by atoms with Gasteiger partial charge in [0.15, 0.2) is 0 Å². The third kappa shape index (κ3) is 3.67. The number of carboxylic acid groups (broad SMARTS) is 1. The molecule has 0 saturated carbocycles. The highest BCUT2D eigenvalue weighted by atomic mass is 35.5. The van der Waals surface area contributed by atoms with Crippen LogP contribution in [0, 0.1) is 0 Å². The largest absolute Gasteiger partial charge is 0.478 e. The molecule has 8 heteroatoms. The summed E-state index contributed by atoms with van der Waals surface area (Å²) in [5.74, 6) is -1.21. The summed E-state index contributed by atoms with van der Waals surface area (Å²) in [6.07, 6.45) is 0.514. The number of hydrogen-bond donors (Lipinski definition) is 3. The van der Waals surface area contributed by atoms with Gasteiger partial charge in [0, 0.05) is 6.54 Å². The van der Waals surface area contributed by atoms with E-state index >= 15 is 0 Å². The van der Waals surface area contributed by atoms with Crippen LogP contribution in [0.2, 0.25) is 5.02 Å². The van der Waals surface area contributed by atoms with Crippen molar-refractivity contribution in [3.63, 3.8) is 0 Å². The van der Waals surface area contributed by atoms with Crippen LogP contribution in [0.5, 0.6) is 0 Å². The van der Waals surface area contributed by atoms with E-state index in [1.807, 2.05) is 0 Å². The average molecular weight is 293 g/mol. The summed E-state index contributed by atoms with van der Waals surface area (Å²) in [5.41, 5.74) is 5.11. The van der Waals surface area contributed by atoms with E-state index in [2.05, 4.69) is 4.72 Å². The summed E-state index contributed by atoms with van der Waals surface area (Å²) in [4.78, 5) is 10.7. The molecular weight excluding hydrogens is 280 g/mol. The molecule has 18 heavy (non-hydrogen) atoms. The van der Waals surface area contributed by atoms with Gasteiger partial charge in [-0.3, -0.25) is 0 Å². The van der Waals surface area contributed by atoms with Gasteiger partial charge < -0.3 is 10.8 Å². The van der Waals surface area contributed by atoms with Crippen molar-refractivity contribution in [1.82, 2.24) is 4.72 Å². The number of nitrogens with one attached hydrogen (secondary N) is 1. The molecule has 0 spiro atoms. The van der Waals surface area contributed by atoms with Gasteiger partial charge in [-0.1, -0.05) is 11.6 Å². The van der Waals surface area contributed by atoms with E-state index in [1.165, 1.54) is 6.07 Å². The molecule has 0 aliphatic carbocycles. The zero-order valence-electron chi connectivity index (χ0n) is 9.39. The van der Waals surface area contributed by atoms with Gasteiger partial charge in [0.1, 0.15) is 0 Å². The van der Waals surface area contributed by atoms with Crippen LogP contribution in [-0.2, 0) is 10.0 Å². The predicted molar refractivity (Wildman–Crippen MR) is 67.3 cm³/mol. The molecule has 0 unspecified atom stereocenters. The molecular formula is C10H13ClN2O4S. The van der Waals surface area contributed by atoms with Gasteiger partial charge >= 0.3 is 5.97 Å². The first-order chi connectivity index (χ1) is 8.38. The van der Waals surface area contributed by atoms with Crippen molar-refractivity contribution in [2.24, 2.45) is 5.73 Å². The van der Waals surface area contributed by atoms with Crippen molar-refractivity contribution < 1.29 is 18.3 Å². The lowest BCUT2D eigenvalue weighted by Gasteiger charge is -2.07. The van der Waals surface area contributed by atoms with Gasteiger partial charge in [-0.15, -0.1) is 0 Å². The minimum absolute atomic E-state index is 0.0745. The summed E-state index contributed by atoms with van der Waals surface area (Å²) in [6, 6.07) is 3.46. The van der Waals surface area contributed by atoms with Gasteiger partial charge in [-0.2, -0.15) is 0 Å². The molecule has 0 aromatic heterocycles. The zero-order valence-corrected chi connectivity index (χ0v) is 11.0. The second kappa shape index (κ2) is 6.14. The zero-order chi connectivity index (χ0) is 13.8. The maximum absolute atomic E-state index is 11.8. The van der Waals surface area contributed by atoms with Crippen LogP contribution in [0.4, 0.5) is 0 Å². The van der Waals surface area contributed by atoms with Crippen molar-refractivity contribution in [1.29, 1.82) is 0 Å². The monoisotopic (exact) mass is 292 g/mol. The topological polar surface area (TPSA) is 109 Å². The van der Waals surface area contributed by atoms with Crippen LogP contribution in [0.3, 0.4) is 0 Å². The Morgan fingerprint density at radius 2 is 2.11 bits per heavy atom. The SMILES string of the molecule is NCCCNS(=O)(=O)c1ccc(C(=O)O)c(Cl)c1. The highest BCUT2D eigenvalue weighted by molar-refractivity contribution is 7.89. The maximum atomic E-state index is 11.8. The normalized spacial score (nSPS) is 11.4. The van der Waals surface area contributed by atoms with E-state index in [-0.39, 0.29) is 22.0 Å². The van der Waals surface area contributed by atoms with Crippen molar-refractivity contribution in [2.75, 3.05) is 13.1 Å². The van der Waals surface area contributed by atoms with Crippen LogP contribution < -0.4 is 10.5 Å². The van der Waals surface area contributed by atoms with Crippen molar-refractivity contribution >= 4 is 27.6 Å². The number of aromatic carboxylic acids is 1. The summed E-state index contributed by atoms with van der Waals surface area (Å²) >= 11 is 5.70. The van der Waals surface area contributed by atoms with E-state index in [4.69, 9.17) is 22.4 Å². The molecule has 0 atom stereocenters. The molecule has 0 radical (unpaired) electrons. The van der Waals surface area contributed by atoms with E-state index in [1.54, 1.807) is 0 Å². The summed E-state index contributed by atoms with van der Waals surface area (Å²) in [5, 5.41) is 8.65. The molecule has 100 valence electrons. The van der Waals surface area contributed by atoms with E-state index in [0.29, 0.717) is 13.0 Å². The van der Waals surface area contributed by atoms with Gasteiger partial charge in [0.2, 0.25) is 10.0 Å². The summed E-state index contributed by atoms with van der Waals surface area (Å²) in [7, 11) is -3.68. The Labute approximate surface area is 110 Å². The van der Waals surface area contributed by atoms with Crippen molar-refractivity contribution in [2.45, 2.75) is 11.3 Å². The Bertz CT molecular complexity index is 545. The van der Waals surface area contributed by atoms with Crippen LogP contribution in [-0.4, -0.2) is 32.6 Å². The highest BCUT2D eigenvalue weighted by Gasteiger charge is 2.17. The summed E-state index contributed by atoms with van der Waals surface area (Å²) in [6.45, 7) is 0.596. The Balaban J connectivity index is 2.97. The first-order valence-electron chi connectivity index (χ1n) is 5.11. The lowest BCUT2D eigenvalue weighted by molar-refractivity contribution is 0.0697. The van der Waals surface area contributed by atoms with Gasteiger partial charge in [-0.25, -0.2) is 17.9 Å². The van der Waals surface area contributed by atoms with E-state index in [9.17, 15) is 13.2 Å². The smallest absolute Gasteiger partial charge is 0.337 e. The Kier molecular flexibility index (Phi) is 5.09. The standard InChI is InChI=1S/C10H13ClN2O4S/c11-9-6-7(2-3-8(9)10(14)15)18(16,17)13-5-1-4-12/h2-3,6,13H,1,4-5,12H2,(H,14,15). The quantitative estimate of drug-likeness (QED) is 0.667. The second-order valence-electron chi connectivity index (χ2n) is 3.49. The molecule has 0 heterocycles. The fourth-order valence-corrected chi connectivity index (χ4v) is 2.65. The van der Waals surface area contributed by atoms with Crippen LogP contribution in [0.15, 0.2) is 23.1 Å². The third-order valence-corrected chi connectivity index (χ3v) is 3.93. The number of rotatable bonds is 6. The molecule has 0 saturated heterocycles. The maximum Gasteiger partial charge on any atom is 0.337 e. The van der Waals surface area contributed by atoms with Crippen molar-refractivity contribution in [3.05, 3.63) is 28.8 Å². The Hall–Kier alpha value is -1.15. The number of sulfonamides is 1. The van der Waals surface area contributed by atoms with Gasteiger partial charge in [0.25, 0.3) is 0 Å². The molecule has 0 fully saturated rings. The molecule has 0 amide bonds. The number of carbonyl (C=O) groups is 1. The number of nitrogens with two attached hydrogens (primary N) is 1. The summed E-state index contributed by atoms with van der Waals surface area (Å²) < 4.78 is 25.9. The molecule has 0 bridgehead atoms. The minimum Gasteiger partial charge on any atom is -0.478 e. The number of halogens is 1. The molecule has 6 nitrogen and oxygen atoms in total. The lowest BCUT2D eigenvalue weighted by atomic mass is 10.2. The first-order valence-corrected chi connectivity index (χ1v) is 6.97. The number of benzene rings is 1. The third-order valence-electron chi connectivity index (χ3n) is 2.15. The van der Waals surface area contributed by atoms with Crippen LogP contribution in [0.1, 0.15) is 16.8 Å². The lowest BCUT2D eigenvalue weighted by Crippen LogP contribution is -2.26. The van der Waals surface area contributed by atoms with Gasteiger partial charge in [-0.05, 0) is 31.2 Å². The number of carboxylic acids is 1. The van der Waals surface area contributed by atoms with Crippen LogP contribution >= 0.6 is 11.6 Å². The van der Waals surface area contributed by atoms with E-state index in [0.717, 1.165) is 12.1 Å². The highest BCUT2D eigenvalue weighted by Crippen LogP contribution is 2.20. The van der Waals surface area contributed by atoms with Crippen LogP contribution in [0.25, 0.3) is 0 Å². The van der Waals surface area contributed by atoms with Gasteiger partial charge in [0.05, 0.1) is 15.5 Å². The molecule has 1 rings (SSSR count). The Morgan fingerprint density at radius 3 is 2.61 bits per heavy atom. The Morgan fingerprint density at radius 1 is 1.44 bits per heavy atom. The van der Waals surface area contributed by atoms with E-state index < -0.39 is 16.0 Å². The molecule has 0 aliphatic heterocycles. The fraction of sp³-hybridized carbons (Fsp3) is 0.300. The molecule has 1 aromatic carbocycles. The fourth-order valence-electron chi connectivity index (χ4n) is 1.23. The average Bonchev–Trinajstić information content (AvgIpc) is 2.28. The predicted octanol–water partition coefficient (Wildman–Crippen LogP) is 0.665. The molecule has 1 aromatic rings. The second-order valence-corrected chi connectivity index (χ2v) is 5.66. The van der Waals surface area contributed by atoms with Crippen molar-refractivity contribution in [3.8, 4) is 0 Å².